The number of rotatable bonds is 6. The Labute approximate surface area is 180 Å². The Morgan fingerprint density at radius 1 is 0.897 bits per heavy atom. The number of amides is 1. The lowest BCUT2D eigenvalue weighted by atomic mass is 10.0. The van der Waals surface area contributed by atoms with Gasteiger partial charge in [0.15, 0.2) is 11.7 Å². The van der Waals surface area contributed by atoms with Crippen molar-refractivity contribution in [1.29, 1.82) is 0 Å². The van der Waals surface area contributed by atoms with Gasteiger partial charge in [0.05, 0.1) is 0 Å². The fraction of sp³-hybridized carbons (Fsp3) is 0.0909. The first-order valence-corrected chi connectivity index (χ1v) is 9.74. The van der Waals surface area contributed by atoms with Crippen LogP contribution < -0.4 is 20.9 Å². The molecule has 0 saturated carbocycles. The fourth-order valence-corrected chi connectivity index (χ4v) is 2.84. The molecule has 3 aromatic carbocycles. The lowest BCUT2D eigenvalue weighted by Gasteiger charge is -2.12. The second kappa shape index (κ2) is 10.5. The van der Waals surface area contributed by atoms with Gasteiger partial charge in [-0.15, -0.1) is 0 Å². The van der Waals surface area contributed by atoms with Crippen LogP contribution in [0.25, 0.3) is 11.1 Å². The Morgan fingerprint density at radius 2 is 1.62 bits per heavy atom. The van der Waals surface area contributed by atoms with Gasteiger partial charge in [-0.3, -0.25) is 15.6 Å². The Bertz CT molecular complexity index is 965. The van der Waals surface area contributed by atoms with E-state index >= 15 is 0 Å². The first-order chi connectivity index (χ1) is 14.1. The molecule has 0 heterocycles. The molecule has 148 valence electrons. The molecule has 3 aromatic rings. The van der Waals surface area contributed by atoms with Crippen LogP contribution in [0.15, 0.2) is 78.9 Å². The third-order valence-electron chi connectivity index (χ3n) is 4.00. The molecule has 0 aliphatic carbocycles. The summed E-state index contributed by atoms with van der Waals surface area (Å²) < 4.78 is 5.36. The number of thiocarbonyl (C=S) groups is 1. The SMILES string of the molecule is O=C(COc1cccc(Cl)c1)NNC(=S)NCc1ccc(-c2ccccc2)cc1. The number of nitrogens with one attached hydrogen (secondary N) is 3. The molecule has 0 radical (unpaired) electrons. The van der Waals surface area contributed by atoms with Crippen molar-refractivity contribution in [2.24, 2.45) is 0 Å². The minimum Gasteiger partial charge on any atom is -0.484 e. The second-order valence-electron chi connectivity index (χ2n) is 6.16. The van der Waals surface area contributed by atoms with Crippen molar-refractivity contribution in [2.75, 3.05) is 6.61 Å². The minimum absolute atomic E-state index is 0.156. The number of hydrazine groups is 1. The first-order valence-electron chi connectivity index (χ1n) is 8.95. The molecule has 0 aliphatic rings. The van der Waals surface area contributed by atoms with Gasteiger partial charge in [0.25, 0.3) is 5.91 Å². The van der Waals surface area contributed by atoms with Crippen LogP contribution in [0.4, 0.5) is 0 Å². The molecule has 0 fully saturated rings. The van der Waals surface area contributed by atoms with Crippen LogP contribution in [0.1, 0.15) is 5.56 Å². The summed E-state index contributed by atoms with van der Waals surface area (Å²) in [6.07, 6.45) is 0. The van der Waals surface area contributed by atoms with E-state index in [1.54, 1.807) is 24.3 Å². The quantitative estimate of drug-likeness (QED) is 0.410. The van der Waals surface area contributed by atoms with E-state index < -0.39 is 0 Å². The Balaban J connectivity index is 1.38. The molecule has 3 N–H and O–H groups in total. The van der Waals surface area contributed by atoms with Crippen molar-refractivity contribution in [3.05, 3.63) is 89.4 Å². The highest BCUT2D eigenvalue weighted by Gasteiger charge is 2.04. The molecule has 0 bridgehead atoms. The molecule has 0 unspecified atom stereocenters. The molecule has 1 amide bonds. The van der Waals surface area contributed by atoms with Crippen LogP contribution >= 0.6 is 23.8 Å². The Kier molecular flexibility index (Phi) is 7.44. The van der Waals surface area contributed by atoms with Crippen molar-refractivity contribution in [3.63, 3.8) is 0 Å². The Morgan fingerprint density at radius 3 is 2.34 bits per heavy atom. The van der Waals surface area contributed by atoms with E-state index in [1.165, 1.54) is 5.56 Å². The van der Waals surface area contributed by atoms with Gasteiger partial charge in [0.2, 0.25) is 0 Å². The average Bonchev–Trinajstić information content (AvgIpc) is 2.76. The maximum atomic E-state index is 11.8. The fourth-order valence-electron chi connectivity index (χ4n) is 2.54. The summed E-state index contributed by atoms with van der Waals surface area (Å²) in [7, 11) is 0. The van der Waals surface area contributed by atoms with Crippen molar-refractivity contribution < 1.29 is 9.53 Å². The van der Waals surface area contributed by atoms with Crippen molar-refractivity contribution in [2.45, 2.75) is 6.54 Å². The van der Waals surface area contributed by atoms with Crippen LogP contribution in [-0.4, -0.2) is 17.6 Å². The van der Waals surface area contributed by atoms with Crippen LogP contribution in [0.5, 0.6) is 5.75 Å². The van der Waals surface area contributed by atoms with Crippen LogP contribution in [0, 0.1) is 0 Å². The molecule has 0 aliphatic heterocycles. The zero-order chi connectivity index (χ0) is 20.5. The van der Waals surface area contributed by atoms with Crippen LogP contribution in [-0.2, 0) is 11.3 Å². The summed E-state index contributed by atoms with van der Waals surface area (Å²) in [6, 6.07) is 25.2. The Hall–Kier alpha value is -3.09. The van der Waals surface area contributed by atoms with E-state index in [2.05, 4.69) is 40.4 Å². The lowest BCUT2D eigenvalue weighted by Crippen LogP contribution is -2.48. The summed E-state index contributed by atoms with van der Waals surface area (Å²) in [5.74, 6) is 0.161. The van der Waals surface area contributed by atoms with E-state index in [1.807, 2.05) is 30.3 Å². The summed E-state index contributed by atoms with van der Waals surface area (Å²) in [4.78, 5) is 11.8. The number of ether oxygens (including phenoxy) is 1. The third-order valence-corrected chi connectivity index (χ3v) is 4.48. The van der Waals surface area contributed by atoms with Gasteiger partial charge >= 0.3 is 0 Å². The largest absolute Gasteiger partial charge is 0.484 e. The van der Waals surface area contributed by atoms with Gasteiger partial charge < -0.3 is 10.1 Å². The lowest BCUT2D eigenvalue weighted by molar-refractivity contribution is -0.123. The molecular formula is C22H20ClN3O2S. The summed E-state index contributed by atoms with van der Waals surface area (Å²) in [5.41, 5.74) is 8.54. The molecule has 0 saturated heterocycles. The second-order valence-corrected chi connectivity index (χ2v) is 7.01. The molecule has 29 heavy (non-hydrogen) atoms. The number of benzene rings is 3. The molecular weight excluding hydrogens is 406 g/mol. The van der Waals surface area contributed by atoms with E-state index in [0.29, 0.717) is 22.4 Å². The van der Waals surface area contributed by atoms with Gasteiger partial charge in [-0.1, -0.05) is 72.3 Å². The molecule has 0 aromatic heterocycles. The normalized spacial score (nSPS) is 10.1. The topological polar surface area (TPSA) is 62.4 Å². The van der Waals surface area contributed by atoms with Gasteiger partial charge in [0.1, 0.15) is 5.75 Å². The highest BCUT2D eigenvalue weighted by atomic mass is 35.5. The van der Waals surface area contributed by atoms with Gasteiger partial charge in [0, 0.05) is 11.6 Å². The molecule has 0 atom stereocenters. The molecule has 5 nitrogen and oxygen atoms in total. The van der Waals surface area contributed by atoms with Gasteiger partial charge in [-0.2, -0.15) is 0 Å². The zero-order valence-corrected chi connectivity index (χ0v) is 17.1. The van der Waals surface area contributed by atoms with E-state index in [-0.39, 0.29) is 12.5 Å². The van der Waals surface area contributed by atoms with Gasteiger partial charge in [-0.25, -0.2) is 0 Å². The predicted molar refractivity (Wildman–Crippen MR) is 120 cm³/mol. The zero-order valence-electron chi connectivity index (χ0n) is 15.5. The predicted octanol–water partition coefficient (Wildman–Crippen LogP) is 4.08. The van der Waals surface area contributed by atoms with E-state index in [4.69, 9.17) is 28.6 Å². The van der Waals surface area contributed by atoms with Crippen LogP contribution in [0.3, 0.4) is 0 Å². The highest BCUT2D eigenvalue weighted by molar-refractivity contribution is 7.80. The first kappa shape index (κ1) is 20.6. The third kappa shape index (κ3) is 6.78. The number of carbonyl (C=O) groups is 1. The smallest absolute Gasteiger partial charge is 0.276 e. The standard InChI is InChI=1S/C22H20ClN3O2S/c23-19-7-4-8-20(13-19)28-15-21(27)25-26-22(29)24-14-16-9-11-18(12-10-16)17-5-2-1-3-6-17/h1-13H,14-15H2,(H,25,27)(H2,24,26,29). The number of halogens is 1. The highest BCUT2D eigenvalue weighted by Crippen LogP contribution is 2.19. The maximum Gasteiger partial charge on any atom is 0.276 e. The average molecular weight is 426 g/mol. The van der Waals surface area contributed by atoms with E-state index in [9.17, 15) is 4.79 Å². The van der Waals surface area contributed by atoms with E-state index in [0.717, 1.165) is 11.1 Å². The van der Waals surface area contributed by atoms with Crippen LogP contribution in [0.2, 0.25) is 5.02 Å². The summed E-state index contributed by atoms with van der Waals surface area (Å²) in [5, 5.41) is 3.90. The summed E-state index contributed by atoms with van der Waals surface area (Å²) >= 11 is 11.0. The summed E-state index contributed by atoms with van der Waals surface area (Å²) in [6.45, 7) is 0.382. The number of hydrogen-bond donors (Lipinski definition) is 3. The molecule has 3 rings (SSSR count). The number of hydrogen-bond acceptors (Lipinski definition) is 3. The van der Waals surface area contributed by atoms with Crippen molar-refractivity contribution in [3.8, 4) is 16.9 Å². The molecule has 7 heteroatoms. The monoisotopic (exact) mass is 425 g/mol. The number of carbonyl (C=O) groups excluding carboxylic acids is 1. The minimum atomic E-state index is -0.360. The maximum absolute atomic E-state index is 11.8. The van der Waals surface area contributed by atoms with Gasteiger partial charge in [-0.05, 0) is 47.1 Å². The van der Waals surface area contributed by atoms with Crippen molar-refractivity contribution >= 4 is 34.8 Å². The van der Waals surface area contributed by atoms with Crippen molar-refractivity contribution in [1.82, 2.24) is 16.2 Å². The molecule has 0 spiro atoms.